The number of hydrogen-bond acceptors (Lipinski definition) is 3. The number of anilines is 2. The summed E-state index contributed by atoms with van der Waals surface area (Å²) >= 11 is 0. The average Bonchev–Trinajstić information content (AvgIpc) is 3.14. The number of fused-ring (bicyclic) bond motifs is 2. The Kier molecular flexibility index (Phi) is 5.22. The van der Waals surface area contributed by atoms with E-state index in [0.717, 1.165) is 53.2 Å². The Labute approximate surface area is 172 Å². The van der Waals surface area contributed by atoms with Crippen molar-refractivity contribution in [1.29, 1.82) is 0 Å². The maximum Gasteiger partial charge on any atom is 0.247 e. The van der Waals surface area contributed by atoms with Crippen LogP contribution in [-0.4, -0.2) is 30.6 Å². The molecule has 0 saturated heterocycles. The Balaban J connectivity index is 1.72. The monoisotopic (exact) mass is 389 g/mol. The molecule has 0 aromatic heterocycles. The van der Waals surface area contributed by atoms with Gasteiger partial charge in [0.1, 0.15) is 6.54 Å². The lowest BCUT2D eigenvalue weighted by Crippen LogP contribution is -2.45. The lowest BCUT2D eigenvalue weighted by atomic mass is 10.0. The first-order chi connectivity index (χ1) is 14.0. The third-order valence-electron chi connectivity index (χ3n) is 6.02. The van der Waals surface area contributed by atoms with E-state index in [9.17, 15) is 9.59 Å². The van der Waals surface area contributed by atoms with Crippen molar-refractivity contribution in [2.24, 2.45) is 10.9 Å². The van der Waals surface area contributed by atoms with Crippen molar-refractivity contribution < 1.29 is 9.59 Å². The molecule has 1 aliphatic carbocycles. The minimum atomic E-state index is -0.206. The predicted octanol–water partition coefficient (Wildman–Crippen LogP) is 4.58. The molecule has 5 nitrogen and oxygen atoms in total. The molecule has 0 radical (unpaired) electrons. The Morgan fingerprint density at radius 2 is 1.90 bits per heavy atom. The maximum absolute atomic E-state index is 13.4. The minimum absolute atomic E-state index is 0.000665. The Morgan fingerprint density at radius 3 is 2.62 bits per heavy atom. The van der Waals surface area contributed by atoms with Crippen molar-refractivity contribution in [3.05, 3.63) is 53.6 Å². The van der Waals surface area contributed by atoms with Crippen LogP contribution in [0.3, 0.4) is 0 Å². The summed E-state index contributed by atoms with van der Waals surface area (Å²) < 4.78 is 0. The smallest absolute Gasteiger partial charge is 0.247 e. The first-order valence-corrected chi connectivity index (χ1v) is 10.3. The summed E-state index contributed by atoms with van der Waals surface area (Å²) in [6.07, 6.45) is 2.64. The number of benzene rings is 2. The molecule has 2 aromatic rings. The van der Waals surface area contributed by atoms with Gasteiger partial charge in [-0.15, -0.1) is 0 Å². The third-order valence-corrected chi connectivity index (χ3v) is 6.02. The van der Waals surface area contributed by atoms with Crippen LogP contribution in [0, 0.1) is 19.8 Å². The summed E-state index contributed by atoms with van der Waals surface area (Å²) in [5.41, 5.74) is 5.60. The zero-order valence-electron chi connectivity index (χ0n) is 17.3. The molecular weight excluding hydrogens is 362 g/mol. The van der Waals surface area contributed by atoms with Gasteiger partial charge < -0.3 is 9.80 Å². The fourth-order valence-electron chi connectivity index (χ4n) is 4.28. The quantitative estimate of drug-likeness (QED) is 0.769. The summed E-state index contributed by atoms with van der Waals surface area (Å²) in [5.74, 6) is -0.291. The molecule has 1 atom stereocenters. The normalized spacial score (nSPS) is 18.0. The molecule has 29 heavy (non-hydrogen) atoms. The second-order valence-electron chi connectivity index (χ2n) is 7.87. The van der Waals surface area contributed by atoms with E-state index in [2.05, 4.69) is 6.92 Å². The topological polar surface area (TPSA) is 53.0 Å². The van der Waals surface area contributed by atoms with Gasteiger partial charge in [-0.3, -0.25) is 14.6 Å². The Hall–Kier alpha value is -2.95. The molecule has 1 saturated carbocycles. The maximum atomic E-state index is 13.4. The highest BCUT2D eigenvalue weighted by Gasteiger charge is 2.37. The second-order valence-corrected chi connectivity index (χ2v) is 7.87. The Bertz CT molecular complexity index is 981. The number of aryl methyl sites for hydroxylation is 2. The van der Waals surface area contributed by atoms with E-state index in [1.165, 1.54) is 0 Å². The van der Waals surface area contributed by atoms with Crippen LogP contribution >= 0.6 is 0 Å². The summed E-state index contributed by atoms with van der Waals surface area (Å²) in [4.78, 5) is 35.0. The van der Waals surface area contributed by atoms with E-state index in [-0.39, 0.29) is 24.3 Å². The van der Waals surface area contributed by atoms with E-state index in [4.69, 9.17) is 4.99 Å². The van der Waals surface area contributed by atoms with Crippen LogP contribution in [-0.2, 0) is 9.59 Å². The molecule has 5 heteroatoms. The van der Waals surface area contributed by atoms with Gasteiger partial charge in [-0.2, -0.15) is 0 Å². The van der Waals surface area contributed by atoms with E-state index >= 15 is 0 Å². The molecule has 0 N–H and O–H groups in total. The lowest BCUT2D eigenvalue weighted by molar-refractivity contribution is -0.123. The van der Waals surface area contributed by atoms with Crippen LogP contribution in [0.5, 0.6) is 0 Å². The van der Waals surface area contributed by atoms with E-state index in [1.54, 1.807) is 9.80 Å². The van der Waals surface area contributed by atoms with Gasteiger partial charge in [-0.1, -0.05) is 18.2 Å². The van der Waals surface area contributed by atoms with E-state index in [0.29, 0.717) is 6.54 Å². The molecule has 2 aromatic carbocycles. The molecule has 4 rings (SSSR count). The highest BCUT2D eigenvalue weighted by atomic mass is 16.2. The predicted molar refractivity (Wildman–Crippen MR) is 117 cm³/mol. The van der Waals surface area contributed by atoms with Gasteiger partial charge in [-0.05, 0) is 75.4 Å². The average molecular weight is 389 g/mol. The van der Waals surface area contributed by atoms with Crippen molar-refractivity contribution in [2.45, 2.75) is 40.0 Å². The number of carbonyl (C=O) groups excluding carboxylic acids is 2. The van der Waals surface area contributed by atoms with Crippen molar-refractivity contribution >= 4 is 34.6 Å². The fourth-order valence-corrected chi connectivity index (χ4v) is 4.28. The zero-order valence-corrected chi connectivity index (χ0v) is 17.3. The van der Waals surface area contributed by atoms with Gasteiger partial charge in [0.05, 0.1) is 17.3 Å². The van der Waals surface area contributed by atoms with Crippen LogP contribution in [0.4, 0.5) is 17.1 Å². The van der Waals surface area contributed by atoms with Crippen molar-refractivity contribution in [3.63, 3.8) is 0 Å². The van der Waals surface area contributed by atoms with E-state index in [1.807, 2.05) is 56.3 Å². The number of hydrogen-bond donors (Lipinski definition) is 0. The molecule has 2 aliphatic rings. The number of likely N-dealkylation sites (N-methyl/N-ethyl adjacent to an activating group) is 1. The number of para-hydroxylation sites is 1. The SMILES string of the molecule is CCN(C(=O)CN1C(=O)C2CCCC2=Nc2cc(C)c(C)cc21)c1ccccc1. The summed E-state index contributed by atoms with van der Waals surface area (Å²) in [6.45, 7) is 6.61. The van der Waals surface area contributed by atoms with Crippen LogP contribution in [0.1, 0.15) is 37.3 Å². The van der Waals surface area contributed by atoms with Gasteiger partial charge in [0.2, 0.25) is 11.8 Å². The standard InChI is InChI=1S/C24H27N3O2/c1-4-26(18-9-6-5-7-10-18)23(28)15-27-22-14-17(3)16(2)13-21(22)25-20-12-8-11-19(20)24(27)29/h5-7,9-10,13-14,19H,4,8,11-12,15H2,1-3H3. The second kappa shape index (κ2) is 7.82. The lowest BCUT2D eigenvalue weighted by Gasteiger charge is -2.28. The largest absolute Gasteiger partial charge is 0.311 e. The van der Waals surface area contributed by atoms with Crippen molar-refractivity contribution in [2.75, 3.05) is 22.9 Å². The fraction of sp³-hybridized carbons (Fsp3) is 0.375. The highest BCUT2D eigenvalue weighted by Crippen LogP contribution is 2.39. The van der Waals surface area contributed by atoms with Crippen LogP contribution in [0.15, 0.2) is 47.5 Å². The number of rotatable bonds is 4. The number of nitrogens with zero attached hydrogens (tertiary/aromatic N) is 3. The zero-order chi connectivity index (χ0) is 20.5. The van der Waals surface area contributed by atoms with Gasteiger partial charge in [0, 0.05) is 17.9 Å². The number of carbonyl (C=O) groups is 2. The Morgan fingerprint density at radius 1 is 1.17 bits per heavy atom. The molecule has 150 valence electrons. The van der Waals surface area contributed by atoms with Crippen LogP contribution < -0.4 is 9.80 Å². The molecule has 1 fully saturated rings. The number of amides is 2. The minimum Gasteiger partial charge on any atom is -0.311 e. The summed E-state index contributed by atoms with van der Waals surface area (Å²) in [6, 6.07) is 13.7. The van der Waals surface area contributed by atoms with Crippen molar-refractivity contribution in [1.82, 2.24) is 0 Å². The van der Waals surface area contributed by atoms with Gasteiger partial charge in [-0.25, -0.2) is 0 Å². The van der Waals surface area contributed by atoms with Gasteiger partial charge >= 0.3 is 0 Å². The van der Waals surface area contributed by atoms with Gasteiger partial charge in [0.15, 0.2) is 0 Å². The van der Waals surface area contributed by atoms with Gasteiger partial charge in [0.25, 0.3) is 0 Å². The molecule has 0 bridgehead atoms. The third kappa shape index (κ3) is 3.57. The van der Waals surface area contributed by atoms with E-state index < -0.39 is 0 Å². The van der Waals surface area contributed by atoms with Crippen LogP contribution in [0.25, 0.3) is 0 Å². The number of aliphatic imine (C=N–C) groups is 1. The molecule has 1 heterocycles. The van der Waals surface area contributed by atoms with Crippen LogP contribution in [0.2, 0.25) is 0 Å². The molecule has 0 spiro atoms. The molecule has 1 aliphatic heterocycles. The van der Waals surface area contributed by atoms with Crippen molar-refractivity contribution in [3.8, 4) is 0 Å². The first-order valence-electron chi connectivity index (χ1n) is 10.3. The first kappa shape index (κ1) is 19.4. The molecular formula is C24H27N3O2. The molecule has 2 amide bonds. The summed E-state index contributed by atoms with van der Waals surface area (Å²) in [7, 11) is 0. The highest BCUT2D eigenvalue weighted by molar-refractivity contribution is 6.17. The summed E-state index contributed by atoms with van der Waals surface area (Å²) in [5, 5.41) is 0. The molecule has 1 unspecified atom stereocenters.